The number of nitrogens with two attached hydrogens (primary N) is 1. The van der Waals surface area contributed by atoms with E-state index in [-0.39, 0.29) is 0 Å². The fourth-order valence-corrected chi connectivity index (χ4v) is 2.75. The molecule has 16 heavy (non-hydrogen) atoms. The van der Waals surface area contributed by atoms with Crippen molar-refractivity contribution in [2.75, 3.05) is 18.0 Å². The second-order valence-electron chi connectivity index (χ2n) is 4.38. The maximum Gasteiger partial charge on any atom is 0.0412 e. The second-order valence-corrected chi connectivity index (χ2v) is 5.29. The highest BCUT2D eigenvalue weighted by molar-refractivity contribution is 9.10. The summed E-state index contributed by atoms with van der Waals surface area (Å²) in [5, 5.41) is 0. The molecule has 1 heterocycles. The number of benzene rings is 1. The normalized spacial score (nSPS) is 17.2. The predicted octanol–water partition coefficient (Wildman–Crippen LogP) is 3.29. The number of rotatable bonds is 2. The van der Waals surface area contributed by atoms with Gasteiger partial charge in [-0.2, -0.15) is 0 Å². The molecule has 0 radical (unpaired) electrons. The SMILES string of the molecule is NCc1cc(Br)ccc1N1CCCCCC1. The molecule has 3 heteroatoms. The number of halogens is 1. The van der Waals surface area contributed by atoms with Crippen LogP contribution in [0.2, 0.25) is 0 Å². The quantitative estimate of drug-likeness (QED) is 0.902. The topological polar surface area (TPSA) is 29.3 Å². The molecule has 1 saturated heterocycles. The third-order valence-electron chi connectivity index (χ3n) is 3.21. The minimum Gasteiger partial charge on any atom is -0.371 e. The third kappa shape index (κ3) is 2.77. The lowest BCUT2D eigenvalue weighted by atomic mass is 10.1. The molecular weight excluding hydrogens is 264 g/mol. The summed E-state index contributed by atoms with van der Waals surface area (Å²) in [4.78, 5) is 2.49. The van der Waals surface area contributed by atoms with Crippen LogP contribution in [0.4, 0.5) is 5.69 Å². The van der Waals surface area contributed by atoms with Gasteiger partial charge in [-0.3, -0.25) is 0 Å². The first kappa shape index (κ1) is 11.9. The van der Waals surface area contributed by atoms with Crippen LogP contribution in [0, 0.1) is 0 Å². The van der Waals surface area contributed by atoms with Gasteiger partial charge in [0.15, 0.2) is 0 Å². The highest BCUT2D eigenvalue weighted by atomic mass is 79.9. The van der Waals surface area contributed by atoms with Crippen molar-refractivity contribution in [1.29, 1.82) is 0 Å². The molecule has 1 aromatic rings. The van der Waals surface area contributed by atoms with Gasteiger partial charge in [0.1, 0.15) is 0 Å². The summed E-state index contributed by atoms with van der Waals surface area (Å²) in [6.45, 7) is 2.97. The highest BCUT2D eigenvalue weighted by Crippen LogP contribution is 2.26. The molecule has 0 atom stereocenters. The van der Waals surface area contributed by atoms with Crippen LogP contribution in [0.25, 0.3) is 0 Å². The predicted molar refractivity (Wildman–Crippen MR) is 72.7 cm³/mol. The van der Waals surface area contributed by atoms with Crippen molar-refractivity contribution in [3.05, 3.63) is 28.2 Å². The molecule has 1 aliphatic heterocycles. The minimum absolute atomic E-state index is 0.616. The summed E-state index contributed by atoms with van der Waals surface area (Å²) in [5.41, 5.74) is 8.39. The maximum absolute atomic E-state index is 5.82. The van der Waals surface area contributed by atoms with Crippen molar-refractivity contribution in [3.63, 3.8) is 0 Å². The van der Waals surface area contributed by atoms with Crippen LogP contribution in [0.1, 0.15) is 31.2 Å². The zero-order valence-electron chi connectivity index (χ0n) is 9.58. The fraction of sp³-hybridized carbons (Fsp3) is 0.538. The Labute approximate surface area is 106 Å². The van der Waals surface area contributed by atoms with Crippen LogP contribution < -0.4 is 10.6 Å². The molecule has 0 aromatic heterocycles. The van der Waals surface area contributed by atoms with Crippen molar-refractivity contribution in [2.45, 2.75) is 32.2 Å². The summed E-state index contributed by atoms with van der Waals surface area (Å²) in [6, 6.07) is 6.44. The van der Waals surface area contributed by atoms with Gasteiger partial charge in [0, 0.05) is 29.8 Å². The Hall–Kier alpha value is -0.540. The summed E-state index contributed by atoms with van der Waals surface area (Å²) < 4.78 is 1.12. The molecule has 1 aliphatic rings. The van der Waals surface area contributed by atoms with E-state index in [9.17, 15) is 0 Å². The van der Waals surface area contributed by atoms with E-state index in [0.29, 0.717) is 6.54 Å². The van der Waals surface area contributed by atoms with Crippen molar-refractivity contribution in [2.24, 2.45) is 5.73 Å². The molecule has 0 spiro atoms. The zero-order valence-corrected chi connectivity index (χ0v) is 11.2. The lowest BCUT2D eigenvalue weighted by molar-refractivity contribution is 0.726. The largest absolute Gasteiger partial charge is 0.371 e. The number of hydrogen-bond donors (Lipinski definition) is 1. The van der Waals surface area contributed by atoms with E-state index in [1.54, 1.807) is 0 Å². The van der Waals surface area contributed by atoms with Crippen LogP contribution in [-0.4, -0.2) is 13.1 Å². The summed E-state index contributed by atoms with van der Waals surface area (Å²) in [7, 11) is 0. The first-order valence-corrected chi connectivity index (χ1v) is 6.84. The van der Waals surface area contributed by atoms with Gasteiger partial charge in [-0.05, 0) is 36.6 Å². The van der Waals surface area contributed by atoms with Crippen molar-refractivity contribution >= 4 is 21.6 Å². The summed E-state index contributed by atoms with van der Waals surface area (Å²) in [5.74, 6) is 0. The van der Waals surface area contributed by atoms with Gasteiger partial charge in [0.25, 0.3) is 0 Å². The number of hydrogen-bond acceptors (Lipinski definition) is 2. The van der Waals surface area contributed by atoms with Gasteiger partial charge in [-0.1, -0.05) is 28.8 Å². The smallest absolute Gasteiger partial charge is 0.0412 e. The first-order valence-electron chi connectivity index (χ1n) is 6.04. The average molecular weight is 283 g/mol. The van der Waals surface area contributed by atoms with Gasteiger partial charge in [0.05, 0.1) is 0 Å². The van der Waals surface area contributed by atoms with Crippen molar-refractivity contribution in [1.82, 2.24) is 0 Å². The monoisotopic (exact) mass is 282 g/mol. The Bertz CT molecular complexity index is 344. The molecule has 2 N–H and O–H groups in total. The molecule has 1 fully saturated rings. The van der Waals surface area contributed by atoms with Gasteiger partial charge in [-0.15, -0.1) is 0 Å². The molecule has 1 aromatic carbocycles. The summed E-state index contributed by atoms with van der Waals surface area (Å²) in [6.07, 6.45) is 5.34. The lowest BCUT2D eigenvalue weighted by Gasteiger charge is -2.25. The Morgan fingerprint density at radius 3 is 2.44 bits per heavy atom. The van der Waals surface area contributed by atoms with Crippen molar-refractivity contribution < 1.29 is 0 Å². The molecule has 0 bridgehead atoms. The molecule has 2 rings (SSSR count). The first-order chi connectivity index (χ1) is 7.81. The Morgan fingerprint density at radius 2 is 1.81 bits per heavy atom. The van der Waals surface area contributed by atoms with E-state index in [1.807, 2.05) is 0 Å². The average Bonchev–Trinajstić information content (AvgIpc) is 2.57. The number of anilines is 1. The fourth-order valence-electron chi connectivity index (χ4n) is 2.34. The van der Waals surface area contributed by atoms with E-state index in [2.05, 4.69) is 39.0 Å². The molecule has 0 saturated carbocycles. The zero-order chi connectivity index (χ0) is 11.4. The Balaban J connectivity index is 2.23. The standard InChI is InChI=1S/C13H19BrN2/c14-12-5-6-13(11(9-12)10-15)16-7-3-1-2-4-8-16/h5-6,9H,1-4,7-8,10,15H2. The molecule has 88 valence electrons. The number of nitrogens with zero attached hydrogens (tertiary/aromatic N) is 1. The van der Waals surface area contributed by atoms with Crippen LogP contribution in [0.3, 0.4) is 0 Å². The maximum atomic E-state index is 5.82. The molecule has 0 aliphatic carbocycles. The molecule has 0 unspecified atom stereocenters. The Kier molecular flexibility index (Phi) is 4.24. The second kappa shape index (κ2) is 5.69. The van der Waals surface area contributed by atoms with E-state index >= 15 is 0 Å². The van der Waals surface area contributed by atoms with Gasteiger partial charge in [-0.25, -0.2) is 0 Å². The lowest BCUT2D eigenvalue weighted by Crippen LogP contribution is -2.25. The van der Waals surface area contributed by atoms with Crippen LogP contribution >= 0.6 is 15.9 Å². The van der Waals surface area contributed by atoms with Gasteiger partial charge >= 0.3 is 0 Å². The van der Waals surface area contributed by atoms with Crippen molar-refractivity contribution in [3.8, 4) is 0 Å². The van der Waals surface area contributed by atoms with E-state index in [4.69, 9.17) is 5.73 Å². The van der Waals surface area contributed by atoms with E-state index in [1.165, 1.54) is 50.0 Å². The van der Waals surface area contributed by atoms with E-state index < -0.39 is 0 Å². The van der Waals surface area contributed by atoms with Crippen LogP contribution in [0.15, 0.2) is 22.7 Å². The molecule has 0 amide bonds. The Morgan fingerprint density at radius 1 is 1.12 bits per heavy atom. The van der Waals surface area contributed by atoms with Gasteiger partial charge in [0.2, 0.25) is 0 Å². The minimum atomic E-state index is 0.616. The highest BCUT2D eigenvalue weighted by Gasteiger charge is 2.12. The van der Waals surface area contributed by atoms with Crippen LogP contribution in [-0.2, 0) is 6.54 Å². The molecular formula is C13H19BrN2. The van der Waals surface area contributed by atoms with Gasteiger partial charge < -0.3 is 10.6 Å². The van der Waals surface area contributed by atoms with E-state index in [0.717, 1.165) is 4.47 Å². The molecule has 2 nitrogen and oxygen atoms in total. The third-order valence-corrected chi connectivity index (χ3v) is 3.70. The summed E-state index contributed by atoms with van der Waals surface area (Å²) >= 11 is 3.50. The van der Waals surface area contributed by atoms with Crippen LogP contribution in [0.5, 0.6) is 0 Å².